The van der Waals surface area contributed by atoms with Crippen LogP contribution in [0, 0.1) is 12.8 Å². The van der Waals surface area contributed by atoms with E-state index in [0.717, 1.165) is 24.8 Å². The second kappa shape index (κ2) is 6.72. The number of aryl methyl sites for hydroxylation is 1. The van der Waals surface area contributed by atoms with E-state index in [1.165, 1.54) is 0 Å². The van der Waals surface area contributed by atoms with Gasteiger partial charge in [-0.15, -0.1) is 0 Å². The van der Waals surface area contributed by atoms with Gasteiger partial charge in [-0.2, -0.15) is 0 Å². The molecule has 0 unspecified atom stereocenters. The first kappa shape index (κ1) is 17.0. The molecule has 0 aliphatic carbocycles. The van der Waals surface area contributed by atoms with Crippen LogP contribution in [0.3, 0.4) is 0 Å². The molecule has 4 heterocycles. The number of imidazole rings is 1. The third-order valence-electron chi connectivity index (χ3n) is 5.54. The molecule has 4 rings (SSSR count). The molecule has 0 bridgehead atoms. The summed E-state index contributed by atoms with van der Waals surface area (Å²) in [5.74, 6) is -0.533. The van der Waals surface area contributed by atoms with Crippen LogP contribution in [0.2, 0.25) is 0 Å². The Hall–Kier alpha value is -2.41. The molecule has 7 nitrogen and oxygen atoms in total. The Kier molecular flexibility index (Phi) is 4.40. The number of piperidine rings is 1. The molecule has 2 aliphatic heterocycles. The fourth-order valence-electron chi connectivity index (χ4n) is 4.17. The molecule has 2 saturated heterocycles. The van der Waals surface area contributed by atoms with E-state index < -0.39 is 12.1 Å². The number of rotatable bonds is 3. The SMILES string of the molecule is Cc1cc(C(=O)N2CCC([C@@H]3CC[C@H](C(=O)O)O3)CC2)c2nccn2c1. The quantitative estimate of drug-likeness (QED) is 0.910. The largest absolute Gasteiger partial charge is 0.479 e. The number of fused-ring (bicyclic) bond motifs is 1. The molecule has 2 atom stereocenters. The van der Waals surface area contributed by atoms with Crippen LogP contribution in [0.1, 0.15) is 41.6 Å². The lowest BCUT2D eigenvalue weighted by Crippen LogP contribution is -2.41. The zero-order valence-electron chi connectivity index (χ0n) is 14.8. The van der Waals surface area contributed by atoms with Gasteiger partial charge in [-0.05, 0) is 50.2 Å². The summed E-state index contributed by atoms with van der Waals surface area (Å²) in [6, 6.07) is 1.90. The van der Waals surface area contributed by atoms with E-state index in [0.29, 0.717) is 36.6 Å². The Morgan fingerprint density at radius 1 is 1.23 bits per heavy atom. The highest BCUT2D eigenvalue weighted by Gasteiger charge is 2.37. The van der Waals surface area contributed by atoms with Crippen LogP contribution in [0.25, 0.3) is 5.65 Å². The Morgan fingerprint density at radius 2 is 2.00 bits per heavy atom. The smallest absolute Gasteiger partial charge is 0.332 e. The number of carbonyl (C=O) groups is 2. The summed E-state index contributed by atoms with van der Waals surface area (Å²) < 4.78 is 7.57. The average Bonchev–Trinajstić information content (AvgIpc) is 3.30. The van der Waals surface area contributed by atoms with Crippen molar-refractivity contribution >= 4 is 17.5 Å². The highest BCUT2D eigenvalue weighted by Crippen LogP contribution is 2.32. The van der Waals surface area contributed by atoms with E-state index in [2.05, 4.69) is 4.98 Å². The third-order valence-corrected chi connectivity index (χ3v) is 5.54. The van der Waals surface area contributed by atoms with Gasteiger partial charge in [0.25, 0.3) is 5.91 Å². The standard InChI is InChI=1S/C19H23N3O4/c1-12-10-14(17-20-6-9-22(17)11-12)18(23)21-7-4-13(5-8-21)15-2-3-16(26-15)19(24)25/h6,9-11,13,15-16H,2-5,7-8H2,1H3,(H,24,25)/t15-,16+/m0/s1. The summed E-state index contributed by atoms with van der Waals surface area (Å²) in [4.78, 5) is 30.2. The van der Waals surface area contributed by atoms with Gasteiger partial charge in [-0.1, -0.05) is 0 Å². The van der Waals surface area contributed by atoms with Gasteiger partial charge in [0.2, 0.25) is 0 Å². The van der Waals surface area contributed by atoms with Crippen LogP contribution in [0.4, 0.5) is 0 Å². The van der Waals surface area contributed by atoms with Crippen LogP contribution in [0.5, 0.6) is 0 Å². The Labute approximate surface area is 151 Å². The molecule has 2 aromatic rings. The number of nitrogens with zero attached hydrogens (tertiary/aromatic N) is 3. The summed E-state index contributed by atoms with van der Waals surface area (Å²) in [7, 11) is 0. The lowest BCUT2D eigenvalue weighted by atomic mass is 9.89. The number of carboxylic acids is 1. The lowest BCUT2D eigenvalue weighted by Gasteiger charge is -2.34. The summed E-state index contributed by atoms with van der Waals surface area (Å²) >= 11 is 0. The molecule has 26 heavy (non-hydrogen) atoms. The van der Waals surface area contributed by atoms with Crippen LogP contribution >= 0.6 is 0 Å². The van der Waals surface area contributed by atoms with Crippen LogP contribution in [-0.2, 0) is 9.53 Å². The van der Waals surface area contributed by atoms with Crippen molar-refractivity contribution in [3.8, 4) is 0 Å². The van der Waals surface area contributed by atoms with E-state index in [-0.39, 0.29) is 12.0 Å². The van der Waals surface area contributed by atoms with E-state index in [1.54, 1.807) is 6.20 Å². The van der Waals surface area contributed by atoms with Gasteiger partial charge in [0.15, 0.2) is 6.10 Å². The maximum Gasteiger partial charge on any atom is 0.332 e. The number of carboxylic acid groups (broad SMARTS) is 1. The maximum atomic E-state index is 13.0. The van der Waals surface area contributed by atoms with Gasteiger partial charge in [0.1, 0.15) is 5.65 Å². The van der Waals surface area contributed by atoms with Crippen molar-refractivity contribution in [1.82, 2.24) is 14.3 Å². The minimum atomic E-state index is -0.872. The van der Waals surface area contributed by atoms with Crippen molar-refractivity contribution in [2.24, 2.45) is 5.92 Å². The Morgan fingerprint density at radius 3 is 2.69 bits per heavy atom. The van der Waals surface area contributed by atoms with Crippen molar-refractivity contribution in [2.75, 3.05) is 13.1 Å². The minimum Gasteiger partial charge on any atom is -0.479 e. The number of amides is 1. The topological polar surface area (TPSA) is 84.1 Å². The molecule has 0 spiro atoms. The first-order chi connectivity index (χ1) is 12.5. The maximum absolute atomic E-state index is 13.0. The molecule has 138 valence electrons. The first-order valence-corrected chi connectivity index (χ1v) is 9.14. The summed E-state index contributed by atoms with van der Waals surface area (Å²) in [6.07, 6.45) is 7.92. The molecular weight excluding hydrogens is 334 g/mol. The fourth-order valence-corrected chi connectivity index (χ4v) is 4.17. The second-order valence-electron chi connectivity index (χ2n) is 7.30. The number of carbonyl (C=O) groups excluding carboxylic acids is 1. The molecule has 7 heteroatoms. The number of aliphatic carboxylic acids is 1. The van der Waals surface area contributed by atoms with Crippen molar-refractivity contribution in [3.63, 3.8) is 0 Å². The van der Waals surface area contributed by atoms with E-state index in [1.807, 2.05) is 34.7 Å². The van der Waals surface area contributed by atoms with E-state index >= 15 is 0 Å². The Bertz CT molecular complexity index is 838. The third kappa shape index (κ3) is 3.07. The van der Waals surface area contributed by atoms with Gasteiger partial charge in [-0.25, -0.2) is 9.78 Å². The highest BCUT2D eigenvalue weighted by atomic mass is 16.5. The average molecular weight is 357 g/mol. The molecule has 0 aromatic carbocycles. The van der Waals surface area contributed by atoms with Gasteiger partial charge in [0.05, 0.1) is 11.7 Å². The van der Waals surface area contributed by atoms with Gasteiger partial charge in [0, 0.05) is 31.7 Å². The van der Waals surface area contributed by atoms with Crippen LogP contribution in [0.15, 0.2) is 24.7 Å². The van der Waals surface area contributed by atoms with E-state index in [9.17, 15) is 9.59 Å². The van der Waals surface area contributed by atoms with Crippen molar-refractivity contribution in [3.05, 3.63) is 35.8 Å². The van der Waals surface area contributed by atoms with Crippen molar-refractivity contribution < 1.29 is 19.4 Å². The number of hydrogen-bond acceptors (Lipinski definition) is 4. The van der Waals surface area contributed by atoms with Crippen molar-refractivity contribution in [1.29, 1.82) is 0 Å². The highest BCUT2D eigenvalue weighted by molar-refractivity contribution is 6.00. The Balaban J connectivity index is 1.42. The van der Waals surface area contributed by atoms with Gasteiger partial charge < -0.3 is 19.1 Å². The predicted octanol–water partition coefficient (Wildman–Crippen LogP) is 2.13. The zero-order valence-corrected chi connectivity index (χ0v) is 14.8. The molecule has 1 N–H and O–H groups in total. The minimum absolute atomic E-state index is 0.00586. The predicted molar refractivity (Wildman–Crippen MR) is 94.1 cm³/mol. The van der Waals surface area contributed by atoms with Gasteiger partial charge >= 0.3 is 5.97 Å². The number of ether oxygens (including phenoxy) is 1. The number of hydrogen-bond donors (Lipinski definition) is 1. The molecule has 2 aromatic heterocycles. The molecule has 0 radical (unpaired) electrons. The van der Waals surface area contributed by atoms with Crippen molar-refractivity contribution in [2.45, 2.75) is 44.8 Å². The zero-order chi connectivity index (χ0) is 18.3. The summed E-state index contributed by atoms with van der Waals surface area (Å²) in [5, 5.41) is 9.08. The number of aromatic nitrogens is 2. The molecule has 1 amide bonds. The number of likely N-dealkylation sites (tertiary alicyclic amines) is 1. The van der Waals surface area contributed by atoms with Crippen LogP contribution < -0.4 is 0 Å². The number of pyridine rings is 1. The lowest BCUT2D eigenvalue weighted by molar-refractivity contribution is -0.150. The molecule has 2 aliphatic rings. The monoisotopic (exact) mass is 357 g/mol. The normalized spacial score (nSPS) is 24.3. The first-order valence-electron chi connectivity index (χ1n) is 9.14. The summed E-state index contributed by atoms with van der Waals surface area (Å²) in [5.41, 5.74) is 2.34. The van der Waals surface area contributed by atoms with Crippen LogP contribution in [-0.4, -0.2) is 56.6 Å². The fraction of sp³-hybridized carbons (Fsp3) is 0.526. The molecular formula is C19H23N3O4. The van der Waals surface area contributed by atoms with E-state index in [4.69, 9.17) is 9.84 Å². The second-order valence-corrected chi connectivity index (χ2v) is 7.30. The molecule has 0 saturated carbocycles. The summed E-state index contributed by atoms with van der Waals surface area (Å²) in [6.45, 7) is 3.31. The van der Waals surface area contributed by atoms with Gasteiger partial charge in [-0.3, -0.25) is 4.79 Å². The molecule has 2 fully saturated rings.